The van der Waals surface area contributed by atoms with Crippen LogP contribution in [0.4, 0.5) is 0 Å². The van der Waals surface area contributed by atoms with Gasteiger partial charge in [-0.05, 0) is 24.1 Å². The summed E-state index contributed by atoms with van der Waals surface area (Å²) in [6, 6.07) is 4.34. The number of hydrogen-bond donors (Lipinski definition) is 2. The lowest BCUT2D eigenvalue weighted by atomic mass is 10.1. The minimum absolute atomic E-state index is 0.198. The van der Waals surface area contributed by atoms with Crippen LogP contribution in [-0.4, -0.2) is 26.4 Å². The van der Waals surface area contributed by atoms with Crippen LogP contribution in [0.3, 0.4) is 0 Å². The zero-order chi connectivity index (χ0) is 11.6. The highest BCUT2D eigenvalue weighted by molar-refractivity contribution is 7.90. The van der Waals surface area contributed by atoms with Crippen LogP contribution in [0.15, 0.2) is 23.1 Å². The third-order valence-corrected chi connectivity index (χ3v) is 3.32. The summed E-state index contributed by atoms with van der Waals surface area (Å²) in [6.45, 7) is 1.54. The van der Waals surface area contributed by atoms with Gasteiger partial charge in [0.15, 0.2) is 9.84 Å². The Labute approximate surface area is 89.7 Å². The van der Waals surface area contributed by atoms with E-state index < -0.39 is 15.9 Å². The molecule has 0 amide bonds. The van der Waals surface area contributed by atoms with Crippen molar-refractivity contribution in [3.8, 4) is 0 Å². The van der Waals surface area contributed by atoms with E-state index in [1.165, 1.54) is 0 Å². The molecular formula is C10H15NO3S. The number of nitrogens with two attached hydrogens (primary N) is 1. The van der Waals surface area contributed by atoms with Crippen LogP contribution in [0.25, 0.3) is 0 Å². The quantitative estimate of drug-likeness (QED) is 0.785. The molecule has 1 aromatic carbocycles. The van der Waals surface area contributed by atoms with Crippen LogP contribution >= 0.6 is 0 Å². The van der Waals surface area contributed by atoms with Crippen LogP contribution in [0.2, 0.25) is 0 Å². The maximum Gasteiger partial charge on any atom is 0.175 e. The van der Waals surface area contributed by atoms with Crippen molar-refractivity contribution in [3.05, 3.63) is 29.3 Å². The molecule has 84 valence electrons. The molecule has 0 heterocycles. The Kier molecular flexibility index (Phi) is 3.49. The maximum atomic E-state index is 11.5. The van der Waals surface area contributed by atoms with Gasteiger partial charge in [-0.25, -0.2) is 8.42 Å². The maximum absolute atomic E-state index is 11.5. The monoisotopic (exact) mass is 229 g/mol. The molecule has 4 nitrogen and oxygen atoms in total. The zero-order valence-corrected chi connectivity index (χ0v) is 9.58. The molecule has 0 saturated heterocycles. The normalized spacial score (nSPS) is 13.9. The van der Waals surface area contributed by atoms with Gasteiger partial charge in [0.05, 0.1) is 17.5 Å². The Morgan fingerprint density at radius 2 is 2.07 bits per heavy atom. The predicted octanol–water partition coefficient (Wildman–Crippen LogP) is 0.391. The lowest BCUT2D eigenvalue weighted by Crippen LogP contribution is -2.18. The van der Waals surface area contributed by atoms with Crippen molar-refractivity contribution in [2.45, 2.75) is 17.9 Å². The minimum Gasteiger partial charge on any atom is -0.394 e. The average molecular weight is 229 g/mol. The molecule has 1 aromatic rings. The highest BCUT2D eigenvalue weighted by Crippen LogP contribution is 2.22. The number of rotatable bonds is 3. The van der Waals surface area contributed by atoms with Gasteiger partial charge in [0, 0.05) is 6.26 Å². The molecule has 0 aromatic heterocycles. The molecular weight excluding hydrogens is 214 g/mol. The van der Waals surface area contributed by atoms with Gasteiger partial charge >= 0.3 is 0 Å². The van der Waals surface area contributed by atoms with Crippen molar-refractivity contribution >= 4 is 9.84 Å². The lowest BCUT2D eigenvalue weighted by molar-refractivity contribution is 0.266. The van der Waals surface area contributed by atoms with Gasteiger partial charge in [-0.3, -0.25) is 0 Å². The van der Waals surface area contributed by atoms with Gasteiger partial charge in [-0.1, -0.05) is 12.1 Å². The first-order chi connectivity index (χ1) is 6.86. The van der Waals surface area contributed by atoms with E-state index in [0.717, 1.165) is 11.8 Å². The molecule has 15 heavy (non-hydrogen) atoms. The van der Waals surface area contributed by atoms with E-state index in [2.05, 4.69) is 0 Å². The number of sulfone groups is 1. The first-order valence-corrected chi connectivity index (χ1v) is 6.42. The second kappa shape index (κ2) is 4.30. The van der Waals surface area contributed by atoms with Gasteiger partial charge in [0.2, 0.25) is 0 Å². The van der Waals surface area contributed by atoms with Crippen molar-refractivity contribution in [3.63, 3.8) is 0 Å². The Morgan fingerprint density at radius 3 is 2.53 bits per heavy atom. The smallest absolute Gasteiger partial charge is 0.175 e. The van der Waals surface area contributed by atoms with E-state index in [4.69, 9.17) is 10.8 Å². The third kappa shape index (κ3) is 2.77. The number of hydrogen-bond acceptors (Lipinski definition) is 4. The number of aliphatic hydroxyl groups excluding tert-OH is 1. The first kappa shape index (κ1) is 12.2. The average Bonchev–Trinajstić information content (AvgIpc) is 2.15. The number of aryl methyl sites for hydroxylation is 1. The second-order valence-corrected chi connectivity index (χ2v) is 5.59. The lowest BCUT2D eigenvalue weighted by Gasteiger charge is -2.13. The summed E-state index contributed by atoms with van der Waals surface area (Å²) in [5, 5.41) is 8.93. The molecule has 3 N–H and O–H groups in total. The molecule has 0 radical (unpaired) electrons. The summed E-state index contributed by atoms with van der Waals surface area (Å²) in [4.78, 5) is 0.198. The van der Waals surface area contributed by atoms with Crippen molar-refractivity contribution < 1.29 is 13.5 Å². The topological polar surface area (TPSA) is 80.4 Å². The summed E-state index contributed by atoms with van der Waals surface area (Å²) in [5.41, 5.74) is 6.94. The highest BCUT2D eigenvalue weighted by Gasteiger charge is 2.17. The Morgan fingerprint density at radius 1 is 1.47 bits per heavy atom. The molecule has 0 bridgehead atoms. The van der Waals surface area contributed by atoms with Crippen LogP contribution in [-0.2, 0) is 9.84 Å². The minimum atomic E-state index is -3.30. The summed E-state index contributed by atoms with van der Waals surface area (Å²) in [6.07, 6.45) is 1.13. The molecule has 0 aliphatic heterocycles. The van der Waals surface area contributed by atoms with Gasteiger partial charge in [0.1, 0.15) is 0 Å². The number of aliphatic hydroxyl groups is 1. The van der Waals surface area contributed by atoms with E-state index in [1.807, 2.05) is 6.92 Å². The molecule has 0 fully saturated rings. The van der Waals surface area contributed by atoms with Gasteiger partial charge in [-0.15, -0.1) is 0 Å². The molecule has 5 heteroatoms. The zero-order valence-electron chi connectivity index (χ0n) is 8.77. The molecule has 0 saturated carbocycles. The van der Waals surface area contributed by atoms with E-state index >= 15 is 0 Å². The van der Waals surface area contributed by atoms with E-state index in [-0.39, 0.29) is 11.5 Å². The third-order valence-electron chi connectivity index (χ3n) is 2.16. The van der Waals surface area contributed by atoms with E-state index in [9.17, 15) is 8.42 Å². The van der Waals surface area contributed by atoms with E-state index in [1.54, 1.807) is 18.2 Å². The van der Waals surface area contributed by atoms with Crippen LogP contribution in [0, 0.1) is 6.92 Å². The van der Waals surface area contributed by atoms with Crippen molar-refractivity contribution in [2.75, 3.05) is 12.9 Å². The molecule has 0 aliphatic rings. The largest absolute Gasteiger partial charge is 0.394 e. The fourth-order valence-corrected chi connectivity index (χ4v) is 2.41. The highest BCUT2D eigenvalue weighted by atomic mass is 32.2. The van der Waals surface area contributed by atoms with Crippen LogP contribution < -0.4 is 5.73 Å². The van der Waals surface area contributed by atoms with Crippen molar-refractivity contribution in [2.24, 2.45) is 5.73 Å². The number of benzene rings is 1. The van der Waals surface area contributed by atoms with Crippen LogP contribution in [0.1, 0.15) is 17.2 Å². The Hall–Kier alpha value is -0.910. The van der Waals surface area contributed by atoms with Crippen molar-refractivity contribution in [1.82, 2.24) is 0 Å². The summed E-state index contributed by atoms with van der Waals surface area (Å²) in [5.74, 6) is 0. The van der Waals surface area contributed by atoms with Crippen LogP contribution in [0.5, 0.6) is 0 Å². The van der Waals surface area contributed by atoms with Gasteiger partial charge < -0.3 is 10.8 Å². The Bertz CT molecular complexity index is 454. The fourth-order valence-electron chi connectivity index (χ4n) is 1.37. The van der Waals surface area contributed by atoms with Gasteiger partial charge in [-0.2, -0.15) is 0 Å². The summed E-state index contributed by atoms with van der Waals surface area (Å²) in [7, 11) is -3.30. The standard InChI is InChI=1S/C10H15NO3S/c1-7-3-4-8(9(11)6-12)10(5-7)15(2,13)14/h3-5,9,12H,6,11H2,1-2H3. The van der Waals surface area contributed by atoms with Crippen molar-refractivity contribution in [1.29, 1.82) is 0 Å². The second-order valence-electron chi connectivity index (χ2n) is 3.60. The van der Waals surface area contributed by atoms with Gasteiger partial charge in [0.25, 0.3) is 0 Å². The van der Waals surface area contributed by atoms with E-state index in [0.29, 0.717) is 5.56 Å². The molecule has 1 atom stereocenters. The summed E-state index contributed by atoms with van der Waals surface area (Å²) >= 11 is 0. The molecule has 0 spiro atoms. The fraction of sp³-hybridized carbons (Fsp3) is 0.400. The molecule has 0 aliphatic carbocycles. The predicted molar refractivity (Wildman–Crippen MR) is 58.3 cm³/mol. The SMILES string of the molecule is Cc1ccc(C(N)CO)c(S(C)(=O)=O)c1. The molecule has 1 unspecified atom stereocenters. The Balaban J connectivity index is 3.40. The first-order valence-electron chi connectivity index (χ1n) is 4.53. The summed E-state index contributed by atoms with van der Waals surface area (Å²) < 4.78 is 23.0. The molecule has 1 rings (SSSR count).